The van der Waals surface area contributed by atoms with Crippen molar-refractivity contribution in [3.63, 3.8) is 0 Å². The number of carbonyl (C=O) groups is 1. The Morgan fingerprint density at radius 3 is 2.33 bits per heavy atom. The molecule has 4 rings (SSSR count). The topological polar surface area (TPSA) is 139 Å². The van der Waals surface area contributed by atoms with E-state index in [9.17, 15) is 32.9 Å². The third-order valence-corrected chi connectivity index (χ3v) is 6.04. The zero-order chi connectivity index (χ0) is 30.6. The quantitative estimate of drug-likeness (QED) is 0.134. The Hall–Kier alpha value is -5.27. The highest BCUT2D eigenvalue weighted by atomic mass is 19.4. The molecule has 11 nitrogen and oxygen atoms in total. The Morgan fingerprint density at radius 1 is 0.952 bits per heavy atom. The lowest BCUT2D eigenvalue weighted by molar-refractivity contribution is -0.385. The second-order valence-electron chi connectivity index (χ2n) is 8.88. The van der Waals surface area contributed by atoms with Crippen LogP contribution < -0.4 is 25.2 Å². The van der Waals surface area contributed by atoms with E-state index in [0.29, 0.717) is 11.6 Å². The molecular weight excluding hydrogens is 565 g/mol. The van der Waals surface area contributed by atoms with Gasteiger partial charge in [0.2, 0.25) is 0 Å². The number of carbonyl (C=O) groups excluding carboxylic acids is 1. The number of nitrogens with one attached hydrogen (secondary N) is 1. The van der Waals surface area contributed by atoms with Crippen molar-refractivity contribution in [1.29, 1.82) is 0 Å². The number of nitro groups is 1. The molecule has 0 radical (unpaired) electrons. The minimum atomic E-state index is -4.78. The van der Waals surface area contributed by atoms with Crippen molar-refractivity contribution in [3.8, 4) is 17.2 Å². The van der Waals surface area contributed by atoms with Crippen LogP contribution in [0, 0.1) is 17.0 Å². The van der Waals surface area contributed by atoms with Crippen LogP contribution >= 0.6 is 0 Å². The molecule has 0 saturated heterocycles. The average molecular weight is 588 g/mol. The van der Waals surface area contributed by atoms with Gasteiger partial charge < -0.3 is 23.4 Å². The Labute approximate surface area is 235 Å². The number of methoxy groups -OCH3 is 2. The molecule has 1 heterocycles. The fourth-order valence-corrected chi connectivity index (χ4v) is 4.09. The smallest absolute Gasteiger partial charge is 0.417 e. The van der Waals surface area contributed by atoms with E-state index in [-0.39, 0.29) is 58.4 Å². The molecule has 0 spiro atoms. The van der Waals surface area contributed by atoms with E-state index in [1.54, 1.807) is 25.1 Å². The molecule has 42 heavy (non-hydrogen) atoms. The number of nitrogens with zero attached hydrogens (tertiary/aromatic N) is 1. The first-order chi connectivity index (χ1) is 19.9. The van der Waals surface area contributed by atoms with E-state index in [1.165, 1.54) is 32.4 Å². The summed E-state index contributed by atoms with van der Waals surface area (Å²) in [6.07, 6.45) is -5.73. The number of alkyl halides is 3. The molecule has 1 aromatic heterocycles. The fourth-order valence-electron chi connectivity index (χ4n) is 4.09. The molecule has 0 aliphatic heterocycles. The molecular formula is C28H23F3N2O9. The summed E-state index contributed by atoms with van der Waals surface area (Å²) in [5.41, 5.74) is -1.49. The molecule has 0 aliphatic rings. The number of amides is 1. The molecule has 14 heteroatoms. The van der Waals surface area contributed by atoms with Crippen LogP contribution in [-0.2, 0) is 24.1 Å². The van der Waals surface area contributed by atoms with E-state index in [1.807, 2.05) is 0 Å². The summed E-state index contributed by atoms with van der Waals surface area (Å²) in [6.45, 7) is 1.30. The minimum absolute atomic E-state index is 0.0245. The summed E-state index contributed by atoms with van der Waals surface area (Å²) in [6, 6.07) is 11.4. The number of aryl methyl sites for hydroxylation is 1. The van der Waals surface area contributed by atoms with E-state index in [2.05, 4.69) is 5.32 Å². The number of benzene rings is 3. The van der Waals surface area contributed by atoms with Gasteiger partial charge in [0.05, 0.1) is 36.3 Å². The van der Waals surface area contributed by atoms with Gasteiger partial charge in [-0.25, -0.2) is 9.59 Å². The highest BCUT2D eigenvalue weighted by Gasteiger charge is 2.34. The zero-order valence-corrected chi connectivity index (χ0v) is 22.4. The maximum Gasteiger partial charge on any atom is 0.417 e. The maximum atomic E-state index is 13.3. The lowest BCUT2D eigenvalue weighted by atomic mass is 10.1. The SMILES string of the molecule is COc1cc(COc2ccc(C)cc2COC(=O)Nc2ccc3c(C(F)(F)F)cc(=O)oc3c2)c([N+](=O)[O-])cc1OC. The predicted octanol–water partition coefficient (Wildman–Crippen LogP) is 6.37. The molecule has 0 bridgehead atoms. The first-order valence-corrected chi connectivity index (χ1v) is 12.1. The Kier molecular flexibility index (Phi) is 8.54. The van der Waals surface area contributed by atoms with Gasteiger partial charge in [0, 0.05) is 28.8 Å². The normalized spacial score (nSPS) is 11.2. The van der Waals surface area contributed by atoms with Crippen LogP contribution in [0.5, 0.6) is 17.2 Å². The Morgan fingerprint density at radius 2 is 1.67 bits per heavy atom. The van der Waals surface area contributed by atoms with Crippen molar-refractivity contribution >= 4 is 28.4 Å². The molecule has 4 aromatic rings. The van der Waals surface area contributed by atoms with Crippen molar-refractivity contribution in [2.45, 2.75) is 26.3 Å². The minimum Gasteiger partial charge on any atom is -0.493 e. The number of halogens is 3. The van der Waals surface area contributed by atoms with Gasteiger partial charge in [-0.1, -0.05) is 11.6 Å². The molecule has 0 atom stereocenters. The van der Waals surface area contributed by atoms with Gasteiger partial charge in [0.15, 0.2) is 11.5 Å². The van der Waals surface area contributed by atoms with Crippen LogP contribution in [0.3, 0.4) is 0 Å². The Bertz CT molecular complexity index is 1720. The lowest BCUT2D eigenvalue weighted by Crippen LogP contribution is -2.14. The first-order valence-electron chi connectivity index (χ1n) is 12.1. The molecule has 0 unspecified atom stereocenters. The number of rotatable bonds is 9. The molecule has 1 amide bonds. The summed E-state index contributed by atoms with van der Waals surface area (Å²) in [7, 11) is 2.75. The van der Waals surface area contributed by atoms with Gasteiger partial charge in [-0.3, -0.25) is 15.4 Å². The number of ether oxygens (including phenoxy) is 4. The maximum absolute atomic E-state index is 13.3. The van der Waals surface area contributed by atoms with Crippen molar-refractivity contribution in [1.82, 2.24) is 0 Å². The van der Waals surface area contributed by atoms with Crippen LogP contribution in [0.1, 0.15) is 22.3 Å². The van der Waals surface area contributed by atoms with Crippen molar-refractivity contribution in [3.05, 3.63) is 97.4 Å². The van der Waals surface area contributed by atoms with E-state index < -0.39 is 28.4 Å². The summed E-state index contributed by atoms with van der Waals surface area (Å²) in [5.74, 6) is 0.732. The van der Waals surface area contributed by atoms with Gasteiger partial charge in [-0.2, -0.15) is 13.2 Å². The number of fused-ring (bicyclic) bond motifs is 1. The molecule has 3 aromatic carbocycles. The molecule has 1 N–H and O–H groups in total. The number of hydrogen-bond acceptors (Lipinski definition) is 9. The lowest BCUT2D eigenvalue weighted by Gasteiger charge is -2.15. The second kappa shape index (κ2) is 12.1. The standard InChI is InChI=1S/C28H23F3N2O9/c1-15-4-7-22(40-13-16-9-24(38-2)25(39-3)12-21(16)33(36)37)17(8-15)14-41-27(35)32-18-5-6-19-20(28(29,30)31)11-26(34)42-23(19)10-18/h4-12H,13-14H2,1-3H3,(H,32,35). The van der Waals surface area contributed by atoms with Gasteiger partial charge in [-0.15, -0.1) is 0 Å². The zero-order valence-electron chi connectivity index (χ0n) is 22.4. The van der Waals surface area contributed by atoms with E-state index in [4.69, 9.17) is 23.4 Å². The van der Waals surface area contributed by atoms with E-state index >= 15 is 0 Å². The van der Waals surface area contributed by atoms with Gasteiger partial charge in [-0.05, 0) is 37.3 Å². The summed E-state index contributed by atoms with van der Waals surface area (Å²) in [5, 5.41) is 13.6. The average Bonchev–Trinajstić information content (AvgIpc) is 2.93. The van der Waals surface area contributed by atoms with Gasteiger partial charge >= 0.3 is 17.9 Å². The molecule has 0 saturated carbocycles. The Balaban J connectivity index is 1.49. The van der Waals surface area contributed by atoms with Gasteiger partial charge in [0.25, 0.3) is 5.69 Å². The van der Waals surface area contributed by atoms with Crippen LogP contribution in [-0.4, -0.2) is 25.2 Å². The predicted molar refractivity (Wildman–Crippen MR) is 143 cm³/mol. The number of hydrogen-bond donors (Lipinski definition) is 1. The van der Waals surface area contributed by atoms with Crippen LogP contribution in [0.25, 0.3) is 11.0 Å². The third-order valence-electron chi connectivity index (χ3n) is 6.04. The van der Waals surface area contributed by atoms with Crippen LogP contribution in [0.15, 0.2) is 63.8 Å². The summed E-state index contributed by atoms with van der Waals surface area (Å²) in [4.78, 5) is 35.1. The van der Waals surface area contributed by atoms with E-state index in [0.717, 1.165) is 17.7 Å². The number of anilines is 1. The fraction of sp³-hybridized carbons (Fsp3) is 0.214. The number of nitro benzene ring substituents is 1. The van der Waals surface area contributed by atoms with Crippen molar-refractivity contribution in [2.75, 3.05) is 19.5 Å². The molecule has 0 fully saturated rings. The largest absolute Gasteiger partial charge is 0.493 e. The van der Waals surface area contributed by atoms with Gasteiger partial charge in [0.1, 0.15) is 24.5 Å². The summed E-state index contributed by atoms with van der Waals surface area (Å²) >= 11 is 0. The second-order valence-corrected chi connectivity index (χ2v) is 8.88. The molecule has 220 valence electrons. The monoisotopic (exact) mass is 588 g/mol. The third kappa shape index (κ3) is 6.71. The van der Waals surface area contributed by atoms with Crippen molar-refractivity contribution in [2.24, 2.45) is 0 Å². The van der Waals surface area contributed by atoms with Crippen molar-refractivity contribution < 1.29 is 46.3 Å². The first kappa shape index (κ1) is 29.7. The molecule has 0 aliphatic carbocycles. The van der Waals surface area contributed by atoms with Crippen LogP contribution in [0.2, 0.25) is 0 Å². The highest BCUT2D eigenvalue weighted by Crippen LogP contribution is 2.36. The highest BCUT2D eigenvalue weighted by molar-refractivity contribution is 5.90. The summed E-state index contributed by atoms with van der Waals surface area (Å²) < 4.78 is 66.2. The van der Waals surface area contributed by atoms with Crippen LogP contribution in [0.4, 0.5) is 29.3 Å².